The monoisotopic (exact) mass is 143 g/mol. The third-order valence-electron chi connectivity index (χ3n) is 1.45. The van der Waals surface area contributed by atoms with Gasteiger partial charge in [-0.1, -0.05) is 5.16 Å². The van der Waals surface area contributed by atoms with Crippen molar-refractivity contribution in [3.63, 3.8) is 0 Å². The van der Waals surface area contributed by atoms with Crippen LogP contribution in [0.5, 0.6) is 0 Å². The van der Waals surface area contributed by atoms with Crippen molar-refractivity contribution in [3.8, 4) is 0 Å². The van der Waals surface area contributed by atoms with Crippen LogP contribution in [0, 0.1) is 0 Å². The molecule has 1 rings (SSSR count). The van der Waals surface area contributed by atoms with Crippen molar-refractivity contribution < 1.29 is 14.7 Å². The van der Waals surface area contributed by atoms with Gasteiger partial charge in [0, 0.05) is 6.42 Å². The Labute approximate surface area is 58.5 Å². The molecular weight excluding hydrogens is 134 g/mol. The van der Waals surface area contributed by atoms with Gasteiger partial charge in [-0.15, -0.1) is 0 Å². The third kappa shape index (κ3) is 0.964. The summed E-state index contributed by atoms with van der Waals surface area (Å²) in [5.74, 6) is -0.965. The van der Waals surface area contributed by atoms with Gasteiger partial charge in [0.2, 0.25) is 5.60 Å². The van der Waals surface area contributed by atoms with Crippen LogP contribution in [-0.4, -0.2) is 22.4 Å². The molecule has 0 aromatic heterocycles. The van der Waals surface area contributed by atoms with Crippen LogP contribution in [0.1, 0.15) is 20.3 Å². The molecule has 4 nitrogen and oxygen atoms in total. The summed E-state index contributed by atoms with van der Waals surface area (Å²) < 4.78 is 0. The lowest BCUT2D eigenvalue weighted by atomic mass is 10.0. The summed E-state index contributed by atoms with van der Waals surface area (Å²) in [6, 6.07) is 0. The molecule has 0 aliphatic carbocycles. The number of aliphatic carboxylic acids is 1. The van der Waals surface area contributed by atoms with Gasteiger partial charge in [0.15, 0.2) is 0 Å². The number of carbonyl (C=O) groups is 1. The average molecular weight is 143 g/mol. The smallest absolute Gasteiger partial charge is 0.351 e. The van der Waals surface area contributed by atoms with Crippen molar-refractivity contribution in [2.75, 3.05) is 0 Å². The van der Waals surface area contributed by atoms with Crippen molar-refractivity contribution in [3.05, 3.63) is 0 Å². The van der Waals surface area contributed by atoms with Crippen LogP contribution in [0.25, 0.3) is 0 Å². The second-order valence-corrected chi connectivity index (χ2v) is 2.63. The standard InChI is InChI=1S/C6H9NO3/c1-4-3-6(2,5(8)9)10-7-4/h3H2,1-2H3,(H,8,9)/t6-/m1/s1. The molecule has 1 atom stereocenters. The van der Waals surface area contributed by atoms with E-state index in [1.165, 1.54) is 6.92 Å². The zero-order chi connectivity index (χ0) is 7.78. The van der Waals surface area contributed by atoms with Gasteiger partial charge in [-0.2, -0.15) is 0 Å². The fourth-order valence-electron chi connectivity index (χ4n) is 0.846. The Morgan fingerprint density at radius 1 is 1.90 bits per heavy atom. The molecule has 0 radical (unpaired) electrons. The SMILES string of the molecule is CC1=NO[C@@](C)(C(=O)O)C1. The number of carboxylic acids is 1. The summed E-state index contributed by atoms with van der Waals surface area (Å²) in [5.41, 5.74) is -0.394. The molecule has 0 fully saturated rings. The third-order valence-corrected chi connectivity index (χ3v) is 1.45. The van der Waals surface area contributed by atoms with E-state index in [1.54, 1.807) is 6.92 Å². The van der Waals surface area contributed by atoms with E-state index in [4.69, 9.17) is 9.94 Å². The van der Waals surface area contributed by atoms with Crippen molar-refractivity contribution in [1.29, 1.82) is 0 Å². The van der Waals surface area contributed by atoms with Gasteiger partial charge in [-0.3, -0.25) is 0 Å². The number of rotatable bonds is 1. The summed E-state index contributed by atoms with van der Waals surface area (Å²) in [6.07, 6.45) is 0.377. The molecule has 4 heteroatoms. The predicted octanol–water partition coefficient (Wildman–Crippen LogP) is 0.626. The van der Waals surface area contributed by atoms with E-state index >= 15 is 0 Å². The summed E-state index contributed by atoms with van der Waals surface area (Å²) in [7, 11) is 0. The highest BCUT2D eigenvalue weighted by Crippen LogP contribution is 2.22. The first-order chi connectivity index (χ1) is 4.54. The second-order valence-electron chi connectivity index (χ2n) is 2.63. The molecule has 0 aromatic rings. The zero-order valence-corrected chi connectivity index (χ0v) is 5.92. The van der Waals surface area contributed by atoms with Crippen LogP contribution >= 0.6 is 0 Å². The maximum atomic E-state index is 10.5. The Morgan fingerprint density at radius 3 is 2.70 bits per heavy atom. The second kappa shape index (κ2) is 1.97. The van der Waals surface area contributed by atoms with Crippen LogP contribution in [0.15, 0.2) is 5.16 Å². The van der Waals surface area contributed by atoms with Crippen molar-refractivity contribution in [1.82, 2.24) is 0 Å². The van der Waals surface area contributed by atoms with E-state index in [2.05, 4.69) is 5.16 Å². The number of carboxylic acid groups (broad SMARTS) is 1. The maximum absolute atomic E-state index is 10.5. The van der Waals surface area contributed by atoms with Crippen molar-refractivity contribution in [2.24, 2.45) is 5.16 Å². The molecule has 1 heterocycles. The van der Waals surface area contributed by atoms with Crippen LogP contribution in [0.4, 0.5) is 0 Å². The first-order valence-corrected chi connectivity index (χ1v) is 3.00. The Kier molecular flexibility index (Phi) is 1.39. The van der Waals surface area contributed by atoms with E-state index in [1.807, 2.05) is 0 Å². The number of nitrogens with zero attached hydrogens (tertiary/aromatic N) is 1. The molecule has 0 unspecified atom stereocenters. The normalized spacial score (nSPS) is 31.2. The summed E-state index contributed by atoms with van der Waals surface area (Å²) >= 11 is 0. The Morgan fingerprint density at radius 2 is 2.50 bits per heavy atom. The molecule has 0 saturated heterocycles. The lowest BCUT2D eigenvalue weighted by Gasteiger charge is -2.14. The van der Waals surface area contributed by atoms with E-state index < -0.39 is 11.6 Å². The van der Waals surface area contributed by atoms with Crippen molar-refractivity contribution in [2.45, 2.75) is 25.9 Å². The van der Waals surface area contributed by atoms with Crippen LogP contribution < -0.4 is 0 Å². The fourth-order valence-corrected chi connectivity index (χ4v) is 0.846. The lowest BCUT2D eigenvalue weighted by molar-refractivity contribution is -0.160. The molecule has 0 spiro atoms. The van der Waals surface area contributed by atoms with Gasteiger partial charge < -0.3 is 9.94 Å². The molecule has 0 saturated carbocycles. The van der Waals surface area contributed by atoms with Gasteiger partial charge in [0.1, 0.15) is 0 Å². The highest BCUT2D eigenvalue weighted by Gasteiger charge is 2.40. The van der Waals surface area contributed by atoms with Crippen molar-refractivity contribution >= 4 is 11.7 Å². The summed E-state index contributed by atoms with van der Waals surface area (Å²) in [6.45, 7) is 3.25. The van der Waals surface area contributed by atoms with Gasteiger partial charge in [0.05, 0.1) is 5.71 Å². The van der Waals surface area contributed by atoms with E-state index in [-0.39, 0.29) is 0 Å². The van der Waals surface area contributed by atoms with Gasteiger partial charge >= 0.3 is 5.97 Å². The molecule has 56 valence electrons. The van der Waals surface area contributed by atoms with Crippen LogP contribution in [0.2, 0.25) is 0 Å². The molecule has 1 aliphatic rings. The largest absolute Gasteiger partial charge is 0.478 e. The zero-order valence-electron chi connectivity index (χ0n) is 5.92. The van der Waals surface area contributed by atoms with Gasteiger partial charge in [0.25, 0.3) is 0 Å². The van der Waals surface area contributed by atoms with E-state index in [9.17, 15) is 4.79 Å². The molecule has 10 heavy (non-hydrogen) atoms. The number of hydrogen-bond donors (Lipinski definition) is 1. The first kappa shape index (κ1) is 7.05. The van der Waals surface area contributed by atoms with Crippen LogP contribution in [-0.2, 0) is 9.63 Å². The Balaban J connectivity index is 2.70. The summed E-state index contributed by atoms with van der Waals surface area (Å²) in [5, 5.41) is 12.1. The first-order valence-electron chi connectivity index (χ1n) is 3.00. The Bertz CT molecular complexity index is 199. The van der Waals surface area contributed by atoms with E-state index in [0.29, 0.717) is 6.42 Å². The highest BCUT2D eigenvalue weighted by atomic mass is 16.7. The molecule has 1 N–H and O–H groups in total. The molecule has 0 amide bonds. The average Bonchev–Trinajstić information content (AvgIpc) is 2.13. The molecule has 0 bridgehead atoms. The molecule has 0 aromatic carbocycles. The Hall–Kier alpha value is -1.06. The minimum atomic E-state index is -1.12. The highest BCUT2D eigenvalue weighted by molar-refractivity contribution is 5.91. The minimum Gasteiger partial charge on any atom is -0.478 e. The van der Waals surface area contributed by atoms with Crippen LogP contribution in [0.3, 0.4) is 0 Å². The lowest BCUT2D eigenvalue weighted by Crippen LogP contribution is -2.34. The number of oxime groups is 1. The fraction of sp³-hybridized carbons (Fsp3) is 0.667. The quantitative estimate of drug-likeness (QED) is 0.585. The maximum Gasteiger partial charge on any atom is 0.351 e. The summed E-state index contributed by atoms with van der Waals surface area (Å²) in [4.78, 5) is 15.2. The predicted molar refractivity (Wildman–Crippen MR) is 34.9 cm³/mol. The van der Waals surface area contributed by atoms with Gasteiger partial charge in [-0.25, -0.2) is 4.79 Å². The van der Waals surface area contributed by atoms with Gasteiger partial charge in [-0.05, 0) is 13.8 Å². The molecule has 1 aliphatic heterocycles. The molecular formula is C6H9NO3. The van der Waals surface area contributed by atoms with E-state index in [0.717, 1.165) is 5.71 Å². The number of hydrogen-bond acceptors (Lipinski definition) is 3. The minimum absolute atomic E-state index is 0.377. The topological polar surface area (TPSA) is 58.9 Å².